The molecule has 0 saturated carbocycles. The summed E-state index contributed by atoms with van der Waals surface area (Å²) in [5.74, 6) is -0.141. The molecule has 1 amide bonds. The van der Waals surface area contributed by atoms with E-state index < -0.39 is 5.97 Å². The monoisotopic (exact) mass is 383 g/mol. The third-order valence-electron chi connectivity index (χ3n) is 4.60. The summed E-state index contributed by atoms with van der Waals surface area (Å²) in [7, 11) is 0. The molecule has 0 bridgehead atoms. The number of amides is 1. The van der Waals surface area contributed by atoms with Crippen LogP contribution in [-0.4, -0.2) is 30.0 Å². The summed E-state index contributed by atoms with van der Waals surface area (Å²) in [6.07, 6.45) is 1.03. The van der Waals surface area contributed by atoms with Gasteiger partial charge in [0, 0.05) is 10.5 Å². The number of ether oxygens (including phenoxy) is 1. The Morgan fingerprint density at radius 1 is 1.15 bits per heavy atom. The van der Waals surface area contributed by atoms with Crippen molar-refractivity contribution in [2.45, 2.75) is 31.1 Å². The number of ketones is 1. The maximum atomic E-state index is 12.3. The lowest BCUT2D eigenvalue weighted by Gasteiger charge is -2.16. The Bertz CT molecular complexity index is 876. The van der Waals surface area contributed by atoms with Gasteiger partial charge in [0.15, 0.2) is 12.4 Å². The van der Waals surface area contributed by atoms with E-state index in [0.717, 1.165) is 11.3 Å². The number of carbonyl (C=O) groups excluding carboxylic acids is 3. The number of hydrogen-bond acceptors (Lipinski definition) is 5. The minimum Gasteiger partial charge on any atom is -0.454 e. The van der Waals surface area contributed by atoms with Crippen molar-refractivity contribution in [2.75, 3.05) is 17.7 Å². The van der Waals surface area contributed by atoms with E-state index in [4.69, 9.17) is 4.74 Å². The van der Waals surface area contributed by atoms with Crippen LogP contribution in [0.4, 0.5) is 5.69 Å². The molecule has 140 valence electrons. The molecule has 0 saturated heterocycles. The van der Waals surface area contributed by atoms with Crippen LogP contribution < -0.4 is 5.32 Å². The van der Waals surface area contributed by atoms with Gasteiger partial charge >= 0.3 is 5.97 Å². The van der Waals surface area contributed by atoms with Gasteiger partial charge < -0.3 is 10.1 Å². The highest BCUT2D eigenvalue weighted by Crippen LogP contribution is 2.32. The maximum Gasteiger partial charge on any atom is 0.338 e. The molecule has 1 aliphatic heterocycles. The minimum absolute atomic E-state index is 0.103. The number of hydrogen-bond donors (Lipinski definition) is 1. The van der Waals surface area contributed by atoms with Crippen molar-refractivity contribution in [1.29, 1.82) is 0 Å². The van der Waals surface area contributed by atoms with E-state index in [-0.39, 0.29) is 18.3 Å². The van der Waals surface area contributed by atoms with E-state index in [2.05, 4.69) is 19.2 Å². The quantitative estimate of drug-likeness (QED) is 0.595. The lowest BCUT2D eigenvalue weighted by atomic mass is 9.97. The zero-order valence-corrected chi connectivity index (χ0v) is 16.1. The predicted molar refractivity (Wildman–Crippen MR) is 106 cm³/mol. The summed E-state index contributed by atoms with van der Waals surface area (Å²) in [4.78, 5) is 36.9. The van der Waals surface area contributed by atoms with E-state index in [0.29, 0.717) is 28.5 Å². The summed E-state index contributed by atoms with van der Waals surface area (Å²) >= 11 is 1.42. The first-order valence-corrected chi connectivity index (χ1v) is 9.83. The smallest absolute Gasteiger partial charge is 0.338 e. The van der Waals surface area contributed by atoms with Crippen molar-refractivity contribution in [3.63, 3.8) is 0 Å². The van der Waals surface area contributed by atoms with Gasteiger partial charge in [-0.05, 0) is 36.1 Å². The molecule has 1 atom stereocenters. The lowest BCUT2D eigenvalue weighted by molar-refractivity contribution is -0.113. The second-order valence-corrected chi connectivity index (χ2v) is 7.50. The van der Waals surface area contributed by atoms with Gasteiger partial charge in [-0.15, -0.1) is 11.8 Å². The lowest BCUT2D eigenvalue weighted by Crippen LogP contribution is -2.19. The number of Topliss-reactive ketones (excluding diaryl/α,β-unsaturated/α-hetero) is 1. The number of anilines is 1. The number of benzene rings is 2. The Hall–Kier alpha value is -2.60. The van der Waals surface area contributed by atoms with Crippen LogP contribution in [0.5, 0.6) is 0 Å². The van der Waals surface area contributed by atoms with Crippen LogP contribution in [0.1, 0.15) is 52.5 Å². The molecule has 0 spiro atoms. The van der Waals surface area contributed by atoms with Gasteiger partial charge in [-0.1, -0.05) is 38.1 Å². The fraction of sp³-hybridized carbons (Fsp3) is 0.286. The van der Waals surface area contributed by atoms with Crippen molar-refractivity contribution in [3.05, 3.63) is 59.2 Å². The van der Waals surface area contributed by atoms with Gasteiger partial charge in [-0.3, -0.25) is 9.59 Å². The highest BCUT2D eigenvalue weighted by molar-refractivity contribution is 8.00. The van der Waals surface area contributed by atoms with Crippen LogP contribution in [-0.2, 0) is 9.53 Å². The first kappa shape index (κ1) is 19.2. The van der Waals surface area contributed by atoms with E-state index in [1.165, 1.54) is 17.3 Å². The molecule has 6 heteroatoms. The van der Waals surface area contributed by atoms with Gasteiger partial charge in [0.25, 0.3) is 0 Å². The number of thioether (sulfide) groups is 1. The summed E-state index contributed by atoms with van der Waals surface area (Å²) in [6, 6.07) is 12.4. The van der Waals surface area contributed by atoms with Gasteiger partial charge in [0.1, 0.15) is 0 Å². The first-order chi connectivity index (χ1) is 13.0. The Morgan fingerprint density at radius 2 is 1.85 bits per heavy atom. The maximum absolute atomic E-state index is 12.3. The van der Waals surface area contributed by atoms with E-state index in [1.807, 2.05) is 12.1 Å². The largest absolute Gasteiger partial charge is 0.454 e. The molecule has 5 nitrogen and oxygen atoms in total. The highest BCUT2D eigenvalue weighted by atomic mass is 32.2. The predicted octanol–water partition coefficient (Wildman–Crippen LogP) is 4.28. The van der Waals surface area contributed by atoms with E-state index in [1.54, 1.807) is 30.3 Å². The number of esters is 1. The fourth-order valence-corrected chi connectivity index (χ4v) is 3.53. The zero-order chi connectivity index (χ0) is 19.4. The molecular weight excluding hydrogens is 362 g/mol. The van der Waals surface area contributed by atoms with Crippen molar-refractivity contribution in [2.24, 2.45) is 0 Å². The SMILES string of the molecule is CC[C@@H](C)c1ccc(C(=O)COC(=O)c2ccc3c(c2)NC(=O)CS3)cc1. The molecule has 0 fully saturated rings. The Balaban J connectivity index is 1.61. The van der Waals surface area contributed by atoms with Crippen LogP contribution in [0, 0.1) is 0 Å². The molecule has 2 aromatic carbocycles. The van der Waals surface area contributed by atoms with Crippen molar-refractivity contribution < 1.29 is 19.1 Å². The third-order valence-corrected chi connectivity index (χ3v) is 5.67. The number of fused-ring (bicyclic) bond motifs is 1. The van der Waals surface area contributed by atoms with Gasteiger partial charge in [0.05, 0.1) is 17.0 Å². The fourth-order valence-electron chi connectivity index (χ4n) is 2.74. The number of rotatable bonds is 6. The topological polar surface area (TPSA) is 72.5 Å². The summed E-state index contributed by atoms with van der Waals surface area (Å²) in [6.45, 7) is 3.94. The van der Waals surface area contributed by atoms with Crippen molar-refractivity contribution in [3.8, 4) is 0 Å². The van der Waals surface area contributed by atoms with E-state index >= 15 is 0 Å². The Labute approximate surface area is 162 Å². The third kappa shape index (κ3) is 4.57. The molecule has 1 heterocycles. The molecule has 1 aliphatic rings. The zero-order valence-electron chi connectivity index (χ0n) is 15.3. The minimum atomic E-state index is -0.591. The van der Waals surface area contributed by atoms with Crippen LogP contribution in [0.25, 0.3) is 0 Å². The van der Waals surface area contributed by atoms with Crippen LogP contribution in [0.2, 0.25) is 0 Å². The van der Waals surface area contributed by atoms with Gasteiger partial charge in [-0.2, -0.15) is 0 Å². The van der Waals surface area contributed by atoms with Crippen molar-refractivity contribution >= 4 is 35.1 Å². The molecule has 3 rings (SSSR count). The molecule has 0 aromatic heterocycles. The molecule has 0 unspecified atom stereocenters. The molecule has 0 aliphatic carbocycles. The molecule has 27 heavy (non-hydrogen) atoms. The van der Waals surface area contributed by atoms with E-state index in [9.17, 15) is 14.4 Å². The average Bonchev–Trinajstić information content (AvgIpc) is 2.70. The first-order valence-electron chi connectivity index (χ1n) is 8.85. The average molecular weight is 383 g/mol. The Kier molecular flexibility index (Phi) is 5.96. The normalized spacial score (nSPS) is 14.1. The number of carbonyl (C=O) groups is 3. The van der Waals surface area contributed by atoms with Crippen molar-refractivity contribution in [1.82, 2.24) is 0 Å². The summed E-state index contributed by atoms with van der Waals surface area (Å²) in [5, 5.41) is 2.73. The van der Waals surface area contributed by atoms with Gasteiger partial charge in [0.2, 0.25) is 5.91 Å². The molecule has 1 N–H and O–H groups in total. The highest BCUT2D eigenvalue weighted by Gasteiger charge is 2.18. The summed E-state index contributed by atoms with van der Waals surface area (Å²) in [5.41, 5.74) is 2.60. The van der Waals surface area contributed by atoms with Crippen LogP contribution >= 0.6 is 11.8 Å². The molecular formula is C21H21NO4S. The summed E-state index contributed by atoms with van der Waals surface area (Å²) < 4.78 is 5.15. The Morgan fingerprint density at radius 3 is 2.56 bits per heavy atom. The standard InChI is InChI=1S/C21H21NO4S/c1-3-13(2)14-4-6-15(7-5-14)18(23)11-26-21(25)16-8-9-19-17(10-16)22-20(24)12-27-19/h4-10,13H,3,11-12H2,1-2H3,(H,22,24)/t13-/m1/s1. The second-order valence-electron chi connectivity index (χ2n) is 6.48. The van der Waals surface area contributed by atoms with Gasteiger partial charge in [-0.25, -0.2) is 4.79 Å². The number of nitrogens with one attached hydrogen (secondary N) is 1. The molecule has 0 radical (unpaired) electrons. The molecule has 2 aromatic rings. The van der Waals surface area contributed by atoms with Crippen LogP contribution in [0.15, 0.2) is 47.4 Å². The second kappa shape index (κ2) is 8.39. The van der Waals surface area contributed by atoms with Crippen LogP contribution in [0.3, 0.4) is 0 Å².